The second-order valence-corrected chi connectivity index (χ2v) is 6.73. The fourth-order valence-corrected chi connectivity index (χ4v) is 3.72. The molecule has 2 aromatic heterocycles. The SMILES string of the molecule is CC1=C(O)C(=O)N(c2ccc3nc[nH]c3c2)C1c1coc2ccccc2c1=O. The molecule has 138 valence electrons. The minimum absolute atomic E-state index is 0.235. The molecule has 0 fully saturated rings. The lowest BCUT2D eigenvalue weighted by Gasteiger charge is -2.25. The van der Waals surface area contributed by atoms with Crippen molar-refractivity contribution in [3.63, 3.8) is 0 Å². The summed E-state index contributed by atoms with van der Waals surface area (Å²) in [6.45, 7) is 1.64. The van der Waals surface area contributed by atoms with E-state index in [4.69, 9.17) is 4.42 Å². The summed E-state index contributed by atoms with van der Waals surface area (Å²) in [6, 6.07) is 11.5. The maximum atomic E-state index is 13.1. The highest BCUT2D eigenvalue weighted by molar-refractivity contribution is 6.09. The van der Waals surface area contributed by atoms with E-state index in [9.17, 15) is 14.7 Å². The van der Waals surface area contributed by atoms with Gasteiger partial charge >= 0.3 is 0 Å². The topological polar surface area (TPSA) is 99.4 Å². The van der Waals surface area contributed by atoms with Crippen molar-refractivity contribution in [2.24, 2.45) is 0 Å². The van der Waals surface area contributed by atoms with E-state index in [2.05, 4.69) is 9.97 Å². The minimum Gasteiger partial charge on any atom is -0.503 e. The summed E-state index contributed by atoms with van der Waals surface area (Å²) in [6.07, 6.45) is 2.93. The number of aromatic amines is 1. The first-order chi connectivity index (χ1) is 13.6. The second-order valence-electron chi connectivity index (χ2n) is 6.73. The van der Waals surface area contributed by atoms with Gasteiger partial charge < -0.3 is 14.5 Å². The van der Waals surface area contributed by atoms with Crippen LogP contribution in [0.4, 0.5) is 5.69 Å². The van der Waals surface area contributed by atoms with Crippen LogP contribution in [0.5, 0.6) is 0 Å². The van der Waals surface area contributed by atoms with Crippen molar-refractivity contribution in [1.82, 2.24) is 9.97 Å². The monoisotopic (exact) mass is 373 g/mol. The van der Waals surface area contributed by atoms with Crippen LogP contribution in [0.3, 0.4) is 0 Å². The first-order valence-electron chi connectivity index (χ1n) is 8.73. The Kier molecular flexibility index (Phi) is 3.39. The molecular weight excluding hydrogens is 358 g/mol. The fourth-order valence-electron chi connectivity index (χ4n) is 3.72. The lowest BCUT2D eigenvalue weighted by molar-refractivity contribution is -0.117. The molecule has 28 heavy (non-hydrogen) atoms. The maximum Gasteiger partial charge on any atom is 0.293 e. The number of anilines is 1. The number of imidazole rings is 1. The van der Waals surface area contributed by atoms with Crippen LogP contribution in [-0.4, -0.2) is 21.0 Å². The van der Waals surface area contributed by atoms with Gasteiger partial charge in [0.15, 0.2) is 11.2 Å². The molecule has 1 unspecified atom stereocenters. The number of benzene rings is 2. The lowest BCUT2D eigenvalue weighted by Crippen LogP contribution is -2.32. The number of aromatic nitrogens is 2. The Hall–Kier alpha value is -3.87. The van der Waals surface area contributed by atoms with E-state index >= 15 is 0 Å². The third kappa shape index (κ3) is 2.19. The molecule has 0 spiro atoms. The number of carbonyl (C=O) groups is 1. The Morgan fingerprint density at radius 3 is 2.86 bits per heavy atom. The summed E-state index contributed by atoms with van der Waals surface area (Å²) < 4.78 is 5.64. The lowest BCUT2D eigenvalue weighted by atomic mass is 10.0. The van der Waals surface area contributed by atoms with Crippen molar-refractivity contribution in [2.75, 3.05) is 4.90 Å². The van der Waals surface area contributed by atoms with Crippen LogP contribution >= 0.6 is 0 Å². The number of nitrogens with zero attached hydrogens (tertiary/aromatic N) is 2. The van der Waals surface area contributed by atoms with Crippen molar-refractivity contribution in [3.8, 4) is 0 Å². The molecule has 0 radical (unpaired) electrons. The number of hydrogen-bond donors (Lipinski definition) is 2. The quantitative estimate of drug-likeness (QED) is 0.559. The highest BCUT2D eigenvalue weighted by Gasteiger charge is 2.41. The summed E-state index contributed by atoms with van der Waals surface area (Å²) in [5, 5.41) is 10.8. The Morgan fingerprint density at radius 2 is 2.00 bits per heavy atom. The molecule has 0 bridgehead atoms. The molecule has 0 aliphatic carbocycles. The largest absolute Gasteiger partial charge is 0.503 e. The van der Waals surface area contributed by atoms with Gasteiger partial charge in [-0.3, -0.25) is 14.5 Å². The van der Waals surface area contributed by atoms with Crippen molar-refractivity contribution < 1.29 is 14.3 Å². The average molecular weight is 373 g/mol. The maximum absolute atomic E-state index is 13.1. The van der Waals surface area contributed by atoms with E-state index in [1.54, 1.807) is 55.7 Å². The molecule has 0 saturated carbocycles. The number of H-pyrrole nitrogens is 1. The Labute approximate surface area is 158 Å². The van der Waals surface area contributed by atoms with Gasteiger partial charge in [0.25, 0.3) is 5.91 Å². The molecule has 1 aliphatic rings. The predicted molar refractivity (Wildman–Crippen MR) is 104 cm³/mol. The van der Waals surface area contributed by atoms with Crippen LogP contribution in [0.1, 0.15) is 18.5 Å². The first kappa shape index (κ1) is 16.3. The molecular formula is C21H15N3O4. The zero-order valence-electron chi connectivity index (χ0n) is 14.8. The number of fused-ring (bicyclic) bond motifs is 2. The number of aliphatic hydroxyl groups excluding tert-OH is 1. The van der Waals surface area contributed by atoms with Gasteiger partial charge in [-0.1, -0.05) is 12.1 Å². The van der Waals surface area contributed by atoms with E-state index in [0.717, 1.165) is 11.0 Å². The van der Waals surface area contributed by atoms with Crippen LogP contribution in [0.25, 0.3) is 22.0 Å². The van der Waals surface area contributed by atoms with E-state index < -0.39 is 11.9 Å². The van der Waals surface area contributed by atoms with Gasteiger partial charge in [-0.2, -0.15) is 0 Å². The number of nitrogens with one attached hydrogen (secondary N) is 1. The van der Waals surface area contributed by atoms with Crippen LogP contribution in [0.2, 0.25) is 0 Å². The average Bonchev–Trinajstić information content (AvgIpc) is 3.27. The standard InChI is InChI=1S/C21H15N3O4/c1-11-18(14-9-28-17-5-3-2-4-13(17)20(14)26)24(21(27)19(11)25)12-6-7-15-16(8-12)23-10-22-15/h2-10,18,25H,1H3,(H,22,23). The smallest absolute Gasteiger partial charge is 0.293 e. The van der Waals surface area contributed by atoms with Gasteiger partial charge in [0, 0.05) is 11.3 Å². The normalized spacial score (nSPS) is 17.2. The highest BCUT2D eigenvalue weighted by atomic mass is 16.3. The zero-order valence-corrected chi connectivity index (χ0v) is 14.8. The molecule has 1 aliphatic heterocycles. The van der Waals surface area contributed by atoms with Gasteiger partial charge in [-0.05, 0) is 37.3 Å². The Bertz CT molecular complexity index is 1350. The number of aliphatic hydroxyl groups is 1. The number of hydrogen-bond acceptors (Lipinski definition) is 5. The molecule has 1 amide bonds. The van der Waals surface area contributed by atoms with Gasteiger partial charge in [0.05, 0.1) is 34.4 Å². The van der Waals surface area contributed by atoms with Crippen LogP contribution in [-0.2, 0) is 4.79 Å². The molecule has 2 N–H and O–H groups in total. The summed E-state index contributed by atoms with van der Waals surface area (Å²) in [4.78, 5) is 34.5. The molecule has 1 atom stereocenters. The third-order valence-corrected chi connectivity index (χ3v) is 5.15. The van der Waals surface area contributed by atoms with Crippen LogP contribution in [0.15, 0.2) is 75.6 Å². The molecule has 5 rings (SSSR count). The zero-order chi connectivity index (χ0) is 19.4. The molecule has 4 aromatic rings. The number of carbonyl (C=O) groups excluding carboxylic acids is 1. The van der Waals surface area contributed by atoms with Gasteiger partial charge in [0.2, 0.25) is 0 Å². The third-order valence-electron chi connectivity index (χ3n) is 5.15. The summed E-state index contributed by atoms with van der Waals surface area (Å²) in [7, 11) is 0. The van der Waals surface area contributed by atoms with Crippen molar-refractivity contribution in [2.45, 2.75) is 13.0 Å². The fraction of sp³-hybridized carbons (Fsp3) is 0.0952. The number of amides is 1. The minimum atomic E-state index is -0.756. The van der Waals surface area contributed by atoms with E-state index in [1.165, 1.54) is 11.2 Å². The molecule has 2 aromatic carbocycles. The Morgan fingerprint density at radius 1 is 1.18 bits per heavy atom. The first-order valence-corrected chi connectivity index (χ1v) is 8.73. The molecule has 7 heteroatoms. The molecule has 7 nitrogen and oxygen atoms in total. The van der Waals surface area contributed by atoms with Gasteiger partial charge in [-0.15, -0.1) is 0 Å². The summed E-state index contributed by atoms with van der Waals surface area (Å²) in [5.74, 6) is -0.920. The number of para-hydroxylation sites is 1. The second kappa shape index (κ2) is 5.82. The van der Waals surface area contributed by atoms with Gasteiger partial charge in [-0.25, -0.2) is 4.98 Å². The summed E-state index contributed by atoms with van der Waals surface area (Å²) >= 11 is 0. The molecule has 0 saturated heterocycles. The Balaban J connectivity index is 1.72. The predicted octanol–water partition coefficient (Wildman–Crippen LogP) is 3.59. The van der Waals surface area contributed by atoms with E-state index in [-0.39, 0.29) is 11.2 Å². The highest BCUT2D eigenvalue weighted by Crippen LogP contribution is 2.40. The van der Waals surface area contributed by atoms with Crippen LogP contribution in [0, 0.1) is 0 Å². The van der Waals surface area contributed by atoms with Crippen LogP contribution < -0.4 is 10.3 Å². The van der Waals surface area contributed by atoms with E-state index in [1.807, 2.05) is 0 Å². The van der Waals surface area contributed by atoms with E-state index in [0.29, 0.717) is 27.8 Å². The van der Waals surface area contributed by atoms with Crippen molar-refractivity contribution >= 4 is 33.6 Å². The van der Waals surface area contributed by atoms with Gasteiger partial charge in [0.1, 0.15) is 11.8 Å². The van der Waals surface area contributed by atoms with Crippen molar-refractivity contribution in [1.29, 1.82) is 0 Å². The van der Waals surface area contributed by atoms with Crippen molar-refractivity contribution in [3.05, 3.63) is 82.2 Å². The molecule has 3 heterocycles. The summed E-state index contributed by atoms with van der Waals surface area (Å²) in [5.41, 5.74) is 2.97. The number of rotatable bonds is 2.